The van der Waals surface area contributed by atoms with E-state index in [-0.39, 0.29) is 0 Å². The van der Waals surface area contributed by atoms with Gasteiger partial charge in [-0.3, -0.25) is 0 Å². The minimum atomic E-state index is -1.34. The molecule has 0 aromatic carbocycles. The second-order valence-electron chi connectivity index (χ2n) is 7.39. The van der Waals surface area contributed by atoms with Crippen LogP contribution < -0.4 is 5.32 Å². The van der Waals surface area contributed by atoms with Crippen LogP contribution in [0.25, 0.3) is 0 Å². The van der Waals surface area contributed by atoms with Gasteiger partial charge in [-0.15, -0.1) is 0 Å². The first kappa shape index (κ1) is 20.1. The number of carbonyl (C=O) groups excluding carboxylic acids is 1. The number of ether oxygens (including phenoxy) is 1. The minimum absolute atomic E-state index is 0.421. The maximum Gasteiger partial charge on any atom is 0.408 e. The maximum atomic E-state index is 12.0. The molecule has 1 amide bonds. The number of nitrogens with one attached hydrogen (secondary N) is 1. The number of hydrogen-bond acceptors (Lipinski definition) is 3. The van der Waals surface area contributed by atoms with E-state index in [1.165, 1.54) is 0 Å². The highest BCUT2D eigenvalue weighted by molar-refractivity contribution is 7.85. The van der Waals surface area contributed by atoms with Crippen LogP contribution in [0.1, 0.15) is 68.2 Å². The van der Waals surface area contributed by atoms with Crippen LogP contribution in [0.2, 0.25) is 0 Å². The van der Waals surface area contributed by atoms with E-state index in [9.17, 15) is 9.00 Å². The van der Waals surface area contributed by atoms with E-state index in [0.29, 0.717) is 6.42 Å². The van der Waals surface area contributed by atoms with Crippen LogP contribution in [-0.4, -0.2) is 32.4 Å². The van der Waals surface area contributed by atoms with E-state index >= 15 is 0 Å². The lowest BCUT2D eigenvalue weighted by molar-refractivity contribution is 0.0490. The van der Waals surface area contributed by atoms with Crippen molar-refractivity contribution >= 4 is 23.3 Å². The van der Waals surface area contributed by atoms with Crippen molar-refractivity contribution < 1.29 is 13.7 Å². The Hall–Kier alpha value is -0.910. The number of alkyl carbamates (subject to hydrolysis) is 1. The van der Waals surface area contributed by atoms with Crippen LogP contribution in [-0.2, 0) is 15.7 Å². The van der Waals surface area contributed by atoms with Gasteiger partial charge in [0.1, 0.15) is 16.6 Å². The molecule has 1 N–H and O–H groups in total. The predicted molar refractivity (Wildman–Crippen MR) is 89.1 cm³/mol. The fourth-order valence-electron chi connectivity index (χ4n) is 1.54. The van der Waals surface area contributed by atoms with Gasteiger partial charge in [-0.2, -0.15) is 4.40 Å². The molecule has 0 saturated heterocycles. The molecule has 0 rings (SSSR count). The van der Waals surface area contributed by atoms with Crippen LogP contribution in [0.4, 0.5) is 4.79 Å². The van der Waals surface area contributed by atoms with Crippen molar-refractivity contribution in [1.29, 1.82) is 0 Å². The van der Waals surface area contributed by atoms with Crippen LogP contribution in [0.15, 0.2) is 4.40 Å². The van der Waals surface area contributed by atoms with Gasteiger partial charge in [0, 0.05) is 6.21 Å². The zero-order valence-electron chi connectivity index (χ0n) is 14.6. The summed E-state index contributed by atoms with van der Waals surface area (Å²) in [7, 11) is -1.34. The number of hydrogen-bond donors (Lipinski definition) is 1. The highest BCUT2D eigenvalue weighted by Crippen LogP contribution is 2.16. The van der Waals surface area contributed by atoms with Gasteiger partial charge in [0.25, 0.3) is 0 Å². The van der Waals surface area contributed by atoms with Crippen molar-refractivity contribution in [2.24, 2.45) is 4.40 Å². The molecule has 21 heavy (non-hydrogen) atoms. The van der Waals surface area contributed by atoms with E-state index in [4.69, 9.17) is 4.74 Å². The summed E-state index contributed by atoms with van der Waals surface area (Å²) < 4.78 is 21.0. The maximum absolute atomic E-state index is 12.0. The Kier molecular flexibility index (Phi) is 7.06. The molecule has 2 atom stereocenters. The van der Waals surface area contributed by atoms with Crippen molar-refractivity contribution in [2.45, 2.75) is 84.1 Å². The molecule has 0 aromatic heterocycles. The molecule has 0 unspecified atom stereocenters. The Labute approximate surface area is 131 Å². The third-order valence-corrected chi connectivity index (χ3v) is 3.86. The molecule has 0 radical (unpaired) electrons. The largest absolute Gasteiger partial charge is 0.444 e. The van der Waals surface area contributed by atoms with Crippen LogP contribution >= 0.6 is 0 Å². The van der Waals surface area contributed by atoms with Crippen molar-refractivity contribution in [3.63, 3.8) is 0 Å². The fraction of sp³-hybridized carbons (Fsp3) is 0.867. The Bertz CT molecular complexity index is 408. The summed E-state index contributed by atoms with van der Waals surface area (Å²) in [6.45, 7) is 14.9. The molecule has 0 saturated carbocycles. The Morgan fingerprint density at radius 3 is 2.10 bits per heavy atom. The molecular weight excluding hydrogens is 288 g/mol. The molecule has 0 aliphatic heterocycles. The van der Waals surface area contributed by atoms with Crippen LogP contribution in [0, 0.1) is 0 Å². The van der Waals surface area contributed by atoms with Crippen molar-refractivity contribution in [3.8, 4) is 0 Å². The van der Waals surface area contributed by atoms with E-state index in [2.05, 4.69) is 9.71 Å². The first-order valence-corrected chi connectivity index (χ1v) is 8.38. The summed E-state index contributed by atoms with van der Waals surface area (Å²) in [5.74, 6) is 0. The third-order valence-electron chi connectivity index (χ3n) is 2.51. The Balaban J connectivity index is 4.97. The fourth-order valence-corrected chi connectivity index (χ4v) is 2.18. The normalized spacial score (nSPS) is 17.3. The minimum Gasteiger partial charge on any atom is -0.444 e. The molecule has 0 aromatic rings. The van der Waals surface area contributed by atoms with E-state index < -0.39 is 33.0 Å². The molecule has 0 bridgehead atoms. The highest BCUT2D eigenvalue weighted by Gasteiger charge is 2.28. The Morgan fingerprint density at radius 2 is 1.71 bits per heavy atom. The van der Waals surface area contributed by atoms with Crippen molar-refractivity contribution in [3.05, 3.63) is 0 Å². The number of amides is 1. The SMILES string of the molecule is CCC[C@](C)(C=N[S@](=O)C(C)(C)C)NC(=O)OC(C)(C)C. The summed E-state index contributed by atoms with van der Waals surface area (Å²) in [5, 5.41) is 2.81. The average Bonchev–Trinajstić information content (AvgIpc) is 2.21. The second-order valence-corrected chi connectivity index (χ2v) is 9.32. The van der Waals surface area contributed by atoms with Gasteiger partial charge in [0.05, 0.1) is 10.3 Å². The molecule has 0 heterocycles. The second kappa shape index (κ2) is 7.38. The molecule has 6 heteroatoms. The van der Waals surface area contributed by atoms with Gasteiger partial charge in [0.15, 0.2) is 0 Å². The van der Waals surface area contributed by atoms with Crippen molar-refractivity contribution in [1.82, 2.24) is 5.32 Å². The first-order valence-electron chi connectivity index (χ1n) is 7.27. The molecule has 0 fully saturated rings. The van der Waals surface area contributed by atoms with Crippen LogP contribution in [0.5, 0.6) is 0 Å². The molecule has 0 aliphatic carbocycles. The summed E-state index contributed by atoms with van der Waals surface area (Å²) >= 11 is 0. The van der Waals surface area contributed by atoms with E-state index in [0.717, 1.165) is 6.42 Å². The van der Waals surface area contributed by atoms with E-state index in [1.807, 2.05) is 55.4 Å². The number of nitrogens with zero attached hydrogens (tertiary/aromatic N) is 1. The Morgan fingerprint density at radius 1 is 1.19 bits per heavy atom. The topological polar surface area (TPSA) is 67.8 Å². The lowest BCUT2D eigenvalue weighted by Crippen LogP contribution is -2.49. The zero-order valence-corrected chi connectivity index (χ0v) is 15.4. The summed E-state index contributed by atoms with van der Waals surface area (Å²) in [6, 6.07) is 0. The molecule has 124 valence electrons. The lowest BCUT2D eigenvalue weighted by Gasteiger charge is -2.28. The monoisotopic (exact) mass is 318 g/mol. The zero-order chi connectivity index (χ0) is 16.9. The molecule has 5 nitrogen and oxygen atoms in total. The average molecular weight is 318 g/mol. The number of carbonyl (C=O) groups is 1. The van der Waals surface area contributed by atoms with Gasteiger partial charge in [0.2, 0.25) is 0 Å². The molecule has 0 spiro atoms. The number of rotatable bonds is 5. The summed E-state index contributed by atoms with van der Waals surface area (Å²) in [5.41, 5.74) is -1.22. The molecule has 0 aliphatic rings. The van der Waals surface area contributed by atoms with Gasteiger partial charge in [-0.05, 0) is 54.9 Å². The standard InChI is InChI=1S/C15H30N2O3S/c1-9-10-15(8,11-16-21(19)14(5,6)7)17-12(18)20-13(2,3)4/h11H,9-10H2,1-8H3,(H,17,18)/t15-,21-/m1/s1. The summed E-state index contributed by atoms with van der Waals surface area (Å²) in [4.78, 5) is 11.9. The summed E-state index contributed by atoms with van der Waals surface area (Å²) in [6.07, 6.45) is 2.63. The quantitative estimate of drug-likeness (QED) is 0.787. The third kappa shape index (κ3) is 8.86. The molecular formula is C15H30N2O3S. The predicted octanol–water partition coefficient (Wildman–Crippen LogP) is 3.60. The van der Waals surface area contributed by atoms with Gasteiger partial charge >= 0.3 is 6.09 Å². The van der Waals surface area contributed by atoms with Gasteiger partial charge < -0.3 is 10.1 Å². The lowest BCUT2D eigenvalue weighted by atomic mass is 9.98. The highest BCUT2D eigenvalue weighted by atomic mass is 32.2. The first-order chi connectivity index (χ1) is 9.29. The van der Waals surface area contributed by atoms with Crippen molar-refractivity contribution in [2.75, 3.05) is 0 Å². The van der Waals surface area contributed by atoms with Crippen LogP contribution in [0.3, 0.4) is 0 Å². The van der Waals surface area contributed by atoms with E-state index in [1.54, 1.807) is 6.21 Å². The smallest absolute Gasteiger partial charge is 0.408 e. The van der Waals surface area contributed by atoms with Gasteiger partial charge in [-0.1, -0.05) is 13.3 Å². The van der Waals surface area contributed by atoms with Gasteiger partial charge in [-0.25, -0.2) is 9.00 Å².